The van der Waals surface area contributed by atoms with Crippen LogP contribution in [-0.2, 0) is 4.79 Å². The van der Waals surface area contributed by atoms with Crippen molar-refractivity contribution in [3.8, 4) is 0 Å². The third-order valence-corrected chi connectivity index (χ3v) is 4.70. The molecule has 3 atom stereocenters. The molecule has 0 heterocycles. The van der Waals surface area contributed by atoms with E-state index in [1.54, 1.807) is 0 Å². The maximum atomic E-state index is 11.8. The molecule has 5 heteroatoms. The minimum absolute atomic E-state index is 0.207. The van der Waals surface area contributed by atoms with Gasteiger partial charge in [-0.05, 0) is 60.3 Å². The molecule has 0 aromatic carbocycles. The van der Waals surface area contributed by atoms with Crippen LogP contribution in [0, 0.1) is 0 Å². The van der Waals surface area contributed by atoms with Crippen LogP contribution < -0.4 is 11.1 Å². The number of nitrogens with zero attached hydrogens (tertiary/aromatic N) is 2. The number of hydrogen-bond donors (Lipinski definition) is 2. The van der Waals surface area contributed by atoms with Gasteiger partial charge in [0.25, 0.3) is 0 Å². The highest BCUT2D eigenvalue weighted by molar-refractivity contribution is 5.84. The number of primary amides is 1. The standard InChI is InChI=1S/C15H32N4O/c1-6-19(12(2)11-18(4)5)13-8-7-9-15(10-13,17-3)14(16)20/h12-13,17H,6-11H2,1-5H3,(H2,16,20). The summed E-state index contributed by atoms with van der Waals surface area (Å²) in [5, 5.41) is 3.19. The molecule has 0 radical (unpaired) electrons. The number of nitrogens with one attached hydrogen (secondary N) is 1. The minimum Gasteiger partial charge on any atom is -0.368 e. The van der Waals surface area contributed by atoms with Crippen LogP contribution in [0.5, 0.6) is 0 Å². The summed E-state index contributed by atoms with van der Waals surface area (Å²) in [7, 11) is 6.06. The fraction of sp³-hybridized carbons (Fsp3) is 0.933. The first-order valence-electron chi connectivity index (χ1n) is 7.75. The predicted octanol–water partition coefficient (Wildman–Crippen LogP) is 0.645. The Balaban J connectivity index is 2.80. The zero-order valence-electron chi connectivity index (χ0n) is 13.8. The summed E-state index contributed by atoms with van der Waals surface area (Å²) in [6.07, 6.45) is 3.89. The van der Waals surface area contributed by atoms with Crippen molar-refractivity contribution in [3.05, 3.63) is 0 Å². The van der Waals surface area contributed by atoms with Crippen LogP contribution in [0.2, 0.25) is 0 Å². The van der Waals surface area contributed by atoms with Gasteiger partial charge in [-0.3, -0.25) is 9.69 Å². The number of nitrogens with two attached hydrogens (primary N) is 1. The number of hydrogen-bond acceptors (Lipinski definition) is 4. The maximum Gasteiger partial charge on any atom is 0.237 e. The average Bonchev–Trinajstić information content (AvgIpc) is 2.38. The van der Waals surface area contributed by atoms with E-state index in [-0.39, 0.29) is 5.91 Å². The summed E-state index contributed by atoms with van der Waals surface area (Å²) in [5.41, 5.74) is 5.13. The lowest BCUT2D eigenvalue weighted by molar-refractivity contribution is -0.126. The van der Waals surface area contributed by atoms with Crippen LogP contribution in [0.25, 0.3) is 0 Å². The molecule has 0 aromatic heterocycles. The van der Waals surface area contributed by atoms with Gasteiger partial charge in [0.1, 0.15) is 0 Å². The van der Waals surface area contributed by atoms with Crippen molar-refractivity contribution >= 4 is 5.91 Å². The molecular formula is C15H32N4O. The van der Waals surface area contributed by atoms with E-state index in [1.165, 1.54) is 0 Å². The van der Waals surface area contributed by atoms with Crippen molar-refractivity contribution < 1.29 is 4.79 Å². The lowest BCUT2D eigenvalue weighted by Gasteiger charge is -2.45. The summed E-state index contributed by atoms with van der Waals surface area (Å²) in [6.45, 7) is 6.52. The highest BCUT2D eigenvalue weighted by Crippen LogP contribution is 2.31. The molecule has 1 amide bonds. The first-order chi connectivity index (χ1) is 9.36. The fourth-order valence-electron chi connectivity index (χ4n) is 3.67. The number of carbonyl (C=O) groups is 1. The molecular weight excluding hydrogens is 252 g/mol. The Morgan fingerprint density at radius 2 is 2.15 bits per heavy atom. The van der Waals surface area contributed by atoms with Gasteiger partial charge in [-0.2, -0.15) is 0 Å². The second-order valence-electron chi connectivity index (χ2n) is 6.39. The zero-order chi connectivity index (χ0) is 15.3. The normalized spacial score (nSPS) is 28.9. The fourth-order valence-corrected chi connectivity index (χ4v) is 3.67. The SMILES string of the molecule is CCN(C(C)CN(C)C)C1CCCC(NC)(C(N)=O)C1. The molecule has 5 nitrogen and oxygen atoms in total. The van der Waals surface area contributed by atoms with Gasteiger partial charge in [-0.25, -0.2) is 0 Å². The first kappa shape index (κ1) is 17.4. The molecule has 1 aliphatic rings. The predicted molar refractivity (Wildman–Crippen MR) is 83.6 cm³/mol. The van der Waals surface area contributed by atoms with Crippen LogP contribution in [0.1, 0.15) is 39.5 Å². The molecule has 3 unspecified atom stereocenters. The molecule has 0 aromatic rings. The topological polar surface area (TPSA) is 61.6 Å². The van der Waals surface area contributed by atoms with E-state index in [0.29, 0.717) is 12.1 Å². The molecule has 0 aliphatic heterocycles. The van der Waals surface area contributed by atoms with Crippen LogP contribution in [0.15, 0.2) is 0 Å². The van der Waals surface area contributed by atoms with E-state index >= 15 is 0 Å². The number of amides is 1. The number of carbonyl (C=O) groups excluding carboxylic acids is 1. The lowest BCUT2D eigenvalue weighted by atomic mass is 9.77. The van der Waals surface area contributed by atoms with Crippen molar-refractivity contribution in [1.82, 2.24) is 15.1 Å². The molecule has 1 saturated carbocycles. The summed E-state index contributed by atoms with van der Waals surface area (Å²) in [4.78, 5) is 16.6. The summed E-state index contributed by atoms with van der Waals surface area (Å²) < 4.78 is 0. The second-order valence-corrected chi connectivity index (χ2v) is 6.39. The van der Waals surface area contributed by atoms with E-state index in [0.717, 1.165) is 38.8 Å². The Hall–Kier alpha value is -0.650. The van der Waals surface area contributed by atoms with E-state index in [1.807, 2.05) is 7.05 Å². The maximum absolute atomic E-state index is 11.8. The Bertz CT molecular complexity index is 321. The lowest BCUT2D eigenvalue weighted by Crippen LogP contribution is -2.60. The molecule has 118 valence electrons. The van der Waals surface area contributed by atoms with Gasteiger partial charge in [0, 0.05) is 18.6 Å². The monoisotopic (exact) mass is 284 g/mol. The molecule has 1 aliphatic carbocycles. The van der Waals surface area contributed by atoms with Crippen molar-refractivity contribution in [1.29, 1.82) is 0 Å². The van der Waals surface area contributed by atoms with Crippen LogP contribution >= 0.6 is 0 Å². The van der Waals surface area contributed by atoms with Crippen LogP contribution in [0.4, 0.5) is 0 Å². The summed E-state index contributed by atoms with van der Waals surface area (Å²) in [6, 6.07) is 0.921. The van der Waals surface area contributed by atoms with Gasteiger partial charge in [-0.1, -0.05) is 6.92 Å². The Kier molecular flexibility index (Phi) is 6.43. The van der Waals surface area contributed by atoms with Crippen molar-refractivity contribution in [2.45, 2.75) is 57.2 Å². The van der Waals surface area contributed by atoms with Crippen LogP contribution in [-0.4, -0.2) is 67.6 Å². The highest BCUT2D eigenvalue weighted by Gasteiger charge is 2.42. The third-order valence-electron chi connectivity index (χ3n) is 4.70. The Morgan fingerprint density at radius 1 is 1.50 bits per heavy atom. The second kappa shape index (κ2) is 7.38. The van der Waals surface area contributed by atoms with E-state index < -0.39 is 5.54 Å². The highest BCUT2D eigenvalue weighted by atomic mass is 16.1. The van der Waals surface area contributed by atoms with Gasteiger partial charge in [0.15, 0.2) is 0 Å². The molecule has 1 rings (SSSR count). The Morgan fingerprint density at radius 3 is 2.60 bits per heavy atom. The summed E-state index contributed by atoms with van der Waals surface area (Å²) >= 11 is 0. The van der Waals surface area contributed by atoms with Gasteiger partial charge in [-0.15, -0.1) is 0 Å². The van der Waals surface area contributed by atoms with Crippen molar-refractivity contribution in [2.75, 3.05) is 34.2 Å². The number of likely N-dealkylation sites (N-methyl/N-ethyl adjacent to an activating group) is 3. The largest absolute Gasteiger partial charge is 0.368 e. The molecule has 20 heavy (non-hydrogen) atoms. The van der Waals surface area contributed by atoms with Gasteiger partial charge in [0.05, 0.1) is 5.54 Å². The van der Waals surface area contributed by atoms with E-state index in [9.17, 15) is 4.79 Å². The molecule has 0 saturated heterocycles. The summed E-state index contributed by atoms with van der Waals surface area (Å²) in [5.74, 6) is -0.207. The van der Waals surface area contributed by atoms with Gasteiger partial charge < -0.3 is 16.0 Å². The van der Waals surface area contributed by atoms with Gasteiger partial charge in [0.2, 0.25) is 5.91 Å². The molecule has 3 N–H and O–H groups in total. The smallest absolute Gasteiger partial charge is 0.237 e. The van der Waals surface area contributed by atoms with Crippen molar-refractivity contribution in [2.24, 2.45) is 5.73 Å². The zero-order valence-corrected chi connectivity index (χ0v) is 13.8. The Labute approximate surface area is 123 Å². The van der Waals surface area contributed by atoms with Crippen molar-refractivity contribution in [3.63, 3.8) is 0 Å². The van der Waals surface area contributed by atoms with Gasteiger partial charge >= 0.3 is 0 Å². The average molecular weight is 284 g/mol. The number of rotatable bonds is 7. The molecule has 1 fully saturated rings. The first-order valence-corrected chi connectivity index (χ1v) is 7.75. The van der Waals surface area contributed by atoms with E-state index in [4.69, 9.17) is 5.73 Å². The quantitative estimate of drug-likeness (QED) is 0.720. The minimum atomic E-state index is -0.520. The van der Waals surface area contributed by atoms with E-state index in [2.05, 4.69) is 43.1 Å². The third kappa shape index (κ3) is 3.93. The van der Waals surface area contributed by atoms with Crippen LogP contribution in [0.3, 0.4) is 0 Å². The molecule has 0 spiro atoms. The molecule has 0 bridgehead atoms.